The highest BCUT2D eigenvalue weighted by Crippen LogP contribution is 2.27. The third-order valence-electron chi connectivity index (χ3n) is 5.78. The molecular formula is C23H38N2O4. The molecule has 0 aliphatic carbocycles. The number of unbranched alkanes of at least 4 members (excludes halogenated alkanes) is 9. The van der Waals surface area contributed by atoms with Crippen molar-refractivity contribution < 1.29 is 14.8 Å². The fraction of sp³-hybridized carbons (Fsp3) is 0.739. The van der Waals surface area contributed by atoms with Crippen molar-refractivity contribution in [2.24, 2.45) is 0 Å². The Kier molecular flexibility index (Phi) is 11.7. The first-order chi connectivity index (χ1) is 14.2. The first-order valence-electron chi connectivity index (χ1n) is 11.4. The van der Waals surface area contributed by atoms with Gasteiger partial charge < -0.3 is 14.7 Å². The van der Waals surface area contributed by atoms with Crippen LogP contribution < -0.4 is 4.90 Å². The molecule has 1 heterocycles. The van der Waals surface area contributed by atoms with E-state index < -0.39 is 0 Å². The summed E-state index contributed by atoms with van der Waals surface area (Å²) in [5.74, 6) is 0. The number of hydrogen-bond acceptors (Lipinski definition) is 5. The largest absolute Gasteiger partial charge is 0.396 e. The van der Waals surface area contributed by atoms with Crippen molar-refractivity contribution in [1.82, 2.24) is 0 Å². The van der Waals surface area contributed by atoms with Crippen LogP contribution in [0, 0.1) is 10.1 Å². The van der Waals surface area contributed by atoms with Gasteiger partial charge in [-0.2, -0.15) is 0 Å². The van der Waals surface area contributed by atoms with Gasteiger partial charge in [-0.3, -0.25) is 10.1 Å². The summed E-state index contributed by atoms with van der Waals surface area (Å²) in [5, 5.41) is 19.6. The van der Waals surface area contributed by atoms with Gasteiger partial charge in [0.2, 0.25) is 0 Å². The standard InChI is InChI=1S/C23H38N2O4/c26-18-9-7-5-3-1-2-4-6-8-10-19-29-20-23-12-11-17-24(23)21-13-15-22(16-14-21)25(27)28/h13-16,23,26H,1-12,17-20H2. The maximum absolute atomic E-state index is 10.8. The van der Waals surface area contributed by atoms with Gasteiger partial charge in [0.15, 0.2) is 0 Å². The van der Waals surface area contributed by atoms with Crippen molar-refractivity contribution in [2.45, 2.75) is 83.1 Å². The Labute approximate surface area is 175 Å². The monoisotopic (exact) mass is 406 g/mol. The average Bonchev–Trinajstić information content (AvgIpc) is 3.20. The van der Waals surface area contributed by atoms with E-state index in [1.165, 1.54) is 44.9 Å². The number of rotatable bonds is 16. The molecule has 1 N–H and O–H groups in total. The summed E-state index contributed by atoms with van der Waals surface area (Å²) in [6.45, 7) is 2.89. The molecule has 6 heteroatoms. The van der Waals surface area contributed by atoms with Gasteiger partial charge >= 0.3 is 0 Å². The van der Waals surface area contributed by atoms with Crippen molar-refractivity contribution in [3.8, 4) is 0 Å². The van der Waals surface area contributed by atoms with Crippen LogP contribution in [0.1, 0.15) is 77.0 Å². The molecule has 1 aliphatic rings. The van der Waals surface area contributed by atoms with Gasteiger partial charge in [-0.25, -0.2) is 0 Å². The minimum absolute atomic E-state index is 0.141. The normalized spacial score (nSPS) is 16.4. The maximum atomic E-state index is 10.8. The maximum Gasteiger partial charge on any atom is 0.269 e. The molecule has 164 valence electrons. The summed E-state index contributed by atoms with van der Waals surface area (Å²) in [4.78, 5) is 12.8. The molecule has 0 spiro atoms. The summed E-state index contributed by atoms with van der Waals surface area (Å²) in [6, 6.07) is 7.25. The van der Waals surface area contributed by atoms with Crippen molar-refractivity contribution >= 4 is 11.4 Å². The van der Waals surface area contributed by atoms with Crippen LogP contribution in [-0.2, 0) is 4.74 Å². The van der Waals surface area contributed by atoms with Crippen LogP contribution in [-0.4, -0.2) is 42.4 Å². The van der Waals surface area contributed by atoms with Crippen LogP contribution in [0.5, 0.6) is 0 Å². The van der Waals surface area contributed by atoms with Crippen molar-refractivity contribution in [3.63, 3.8) is 0 Å². The molecule has 2 rings (SSSR count). The Bertz CT molecular complexity index is 565. The van der Waals surface area contributed by atoms with Crippen LogP contribution in [0.2, 0.25) is 0 Å². The molecule has 29 heavy (non-hydrogen) atoms. The lowest BCUT2D eigenvalue weighted by Crippen LogP contribution is -2.33. The molecule has 0 bridgehead atoms. The molecule has 1 unspecified atom stereocenters. The minimum Gasteiger partial charge on any atom is -0.396 e. The van der Waals surface area contributed by atoms with E-state index in [0.717, 1.165) is 57.6 Å². The van der Waals surface area contributed by atoms with E-state index >= 15 is 0 Å². The molecule has 1 saturated heterocycles. The van der Waals surface area contributed by atoms with Crippen LogP contribution in [0.4, 0.5) is 11.4 Å². The highest BCUT2D eigenvalue weighted by atomic mass is 16.6. The number of aliphatic hydroxyl groups is 1. The van der Waals surface area contributed by atoms with Gasteiger partial charge in [-0.05, 0) is 37.8 Å². The summed E-state index contributed by atoms with van der Waals surface area (Å²) < 4.78 is 5.94. The first-order valence-corrected chi connectivity index (χ1v) is 11.4. The van der Waals surface area contributed by atoms with E-state index in [1.54, 1.807) is 12.1 Å². The smallest absolute Gasteiger partial charge is 0.269 e. The number of aliphatic hydroxyl groups excluding tert-OH is 1. The number of benzene rings is 1. The molecule has 0 radical (unpaired) electrons. The molecular weight excluding hydrogens is 368 g/mol. The summed E-state index contributed by atoms with van der Waals surface area (Å²) in [7, 11) is 0. The second-order valence-corrected chi connectivity index (χ2v) is 8.10. The van der Waals surface area contributed by atoms with Crippen LogP contribution >= 0.6 is 0 Å². The lowest BCUT2D eigenvalue weighted by Gasteiger charge is -2.26. The number of non-ortho nitro benzene ring substituents is 1. The van der Waals surface area contributed by atoms with Crippen molar-refractivity contribution in [2.75, 3.05) is 31.3 Å². The highest BCUT2D eigenvalue weighted by Gasteiger charge is 2.25. The molecule has 0 amide bonds. The van der Waals surface area contributed by atoms with Crippen LogP contribution in [0.15, 0.2) is 24.3 Å². The summed E-state index contributed by atoms with van der Waals surface area (Å²) in [5.41, 5.74) is 1.19. The SMILES string of the molecule is O=[N+]([O-])c1ccc(N2CCCC2COCCCCCCCCCCCCO)cc1. The van der Waals surface area contributed by atoms with Gasteiger partial charge in [0.1, 0.15) is 0 Å². The van der Waals surface area contributed by atoms with Crippen LogP contribution in [0.25, 0.3) is 0 Å². The van der Waals surface area contributed by atoms with Gasteiger partial charge in [0.05, 0.1) is 17.6 Å². The Balaban J connectivity index is 1.50. The number of nitro benzene ring substituents is 1. The van der Waals surface area contributed by atoms with Gasteiger partial charge in [-0.1, -0.05) is 51.4 Å². The number of nitro groups is 1. The molecule has 1 fully saturated rings. The molecule has 1 aromatic carbocycles. The zero-order chi connectivity index (χ0) is 20.7. The molecule has 0 aromatic heterocycles. The molecule has 1 atom stereocenters. The molecule has 1 aromatic rings. The van der Waals surface area contributed by atoms with Crippen molar-refractivity contribution in [3.05, 3.63) is 34.4 Å². The zero-order valence-electron chi connectivity index (χ0n) is 17.8. The quantitative estimate of drug-likeness (QED) is 0.224. The number of anilines is 1. The Morgan fingerprint density at radius 3 is 2.14 bits per heavy atom. The Morgan fingerprint density at radius 1 is 0.966 bits per heavy atom. The Morgan fingerprint density at radius 2 is 1.55 bits per heavy atom. The van der Waals surface area contributed by atoms with Gasteiger partial charge in [0.25, 0.3) is 5.69 Å². The summed E-state index contributed by atoms with van der Waals surface area (Å²) >= 11 is 0. The fourth-order valence-electron chi connectivity index (χ4n) is 4.06. The van der Waals surface area contributed by atoms with E-state index in [-0.39, 0.29) is 10.6 Å². The number of ether oxygens (including phenoxy) is 1. The van der Waals surface area contributed by atoms with E-state index in [2.05, 4.69) is 4.90 Å². The lowest BCUT2D eigenvalue weighted by atomic mass is 10.1. The predicted octanol–water partition coefficient (Wildman–Crippen LogP) is 5.47. The number of nitrogens with zero attached hydrogens (tertiary/aromatic N) is 2. The summed E-state index contributed by atoms with van der Waals surface area (Å²) in [6.07, 6.45) is 14.6. The lowest BCUT2D eigenvalue weighted by molar-refractivity contribution is -0.384. The molecule has 0 saturated carbocycles. The van der Waals surface area contributed by atoms with E-state index in [1.807, 2.05) is 12.1 Å². The highest BCUT2D eigenvalue weighted by molar-refractivity contribution is 5.52. The van der Waals surface area contributed by atoms with Gasteiger partial charge in [0, 0.05) is 37.6 Å². The second kappa shape index (κ2) is 14.3. The first kappa shape index (κ1) is 23.6. The van der Waals surface area contributed by atoms with E-state index in [0.29, 0.717) is 12.6 Å². The third kappa shape index (κ3) is 9.13. The van der Waals surface area contributed by atoms with Gasteiger partial charge in [-0.15, -0.1) is 0 Å². The fourth-order valence-corrected chi connectivity index (χ4v) is 4.06. The zero-order valence-corrected chi connectivity index (χ0v) is 17.8. The van der Waals surface area contributed by atoms with E-state index in [9.17, 15) is 10.1 Å². The molecule has 1 aliphatic heterocycles. The third-order valence-corrected chi connectivity index (χ3v) is 5.78. The predicted molar refractivity (Wildman–Crippen MR) is 118 cm³/mol. The van der Waals surface area contributed by atoms with Crippen molar-refractivity contribution in [1.29, 1.82) is 0 Å². The Hall–Kier alpha value is -1.66. The van der Waals surface area contributed by atoms with Crippen LogP contribution in [0.3, 0.4) is 0 Å². The second-order valence-electron chi connectivity index (χ2n) is 8.10. The average molecular weight is 407 g/mol. The van der Waals surface area contributed by atoms with E-state index in [4.69, 9.17) is 9.84 Å². The minimum atomic E-state index is -0.354. The number of hydrogen-bond donors (Lipinski definition) is 1. The topological polar surface area (TPSA) is 75.8 Å². The molecule has 6 nitrogen and oxygen atoms in total.